The van der Waals surface area contributed by atoms with E-state index in [4.69, 9.17) is 0 Å². The van der Waals surface area contributed by atoms with Crippen LogP contribution in [0, 0.1) is 0 Å². The summed E-state index contributed by atoms with van der Waals surface area (Å²) < 4.78 is 0. The highest BCUT2D eigenvalue weighted by Gasteiger charge is 2.42. The lowest BCUT2D eigenvalue weighted by Gasteiger charge is -2.46. The highest BCUT2D eigenvalue weighted by atomic mass is 16.5. The zero-order valence-electron chi connectivity index (χ0n) is 18.9. The van der Waals surface area contributed by atoms with E-state index in [1.807, 2.05) is 55.4 Å². The van der Waals surface area contributed by atoms with Crippen molar-refractivity contribution in [1.82, 2.24) is 10.1 Å². The normalized spacial score (nSPS) is 25.4. The van der Waals surface area contributed by atoms with Gasteiger partial charge in [-0.2, -0.15) is 0 Å². The van der Waals surface area contributed by atoms with Crippen LogP contribution >= 0.6 is 0 Å². The van der Waals surface area contributed by atoms with Crippen molar-refractivity contribution in [1.29, 1.82) is 0 Å². The molecule has 2 heterocycles. The third kappa shape index (κ3) is 7.66. The second kappa shape index (κ2) is 9.52. The van der Waals surface area contributed by atoms with Gasteiger partial charge in [0.15, 0.2) is 0 Å². The number of carbonyl (C=O) groups is 2. The molecule has 0 spiro atoms. The fraction of sp³-hybridized carbons (Fsp3) is 0.900. The van der Waals surface area contributed by atoms with Crippen molar-refractivity contribution in [3.05, 3.63) is 0 Å². The van der Waals surface area contributed by atoms with Crippen molar-refractivity contribution in [2.45, 2.75) is 116 Å². The Labute approximate surface area is 170 Å². The number of hydrogen-bond acceptors (Lipinski definition) is 4. The number of hydroxylamine groups is 4. The van der Waals surface area contributed by atoms with E-state index in [0.29, 0.717) is 0 Å². The molecule has 2 saturated heterocycles. The van der Waals surface area contributed by atoms with Crippen LogP contribution in [0.25, 0.3) is 0 Å². The lowest BCUT2D eigenvalue weighted by atomic mass is 9.82. The van der Waals surface area contributed by atoms with Crippen LogP contribution in [-0.4, -0.2) is 44.1 Å². The molecule has 4 N–H and O–H groups in total. The summed E-state index contributed by atoms with van der Waals surface area (Å²) in [6, 6.07) is 0. The van der Waals surface area contributed by atoms with Gasteiger partial charge >= 0.3 is 11.8 Å². The van der Waals surface area contributed by atoms with E-state index in [9.17, 15) is 20.0 Å². The molecule has 2 fully saturated rings. The molecule has 0 aromatic carbocycles. The van der Waals surface area contributed by atoms with Gasteiger partial charge in [0, 0.05) is 22.2 Å². The van der Waals surface area contributed by atoms with Gasteiger partial charge in [0.25, 0.3) is 0 Å². The summed E-state index contributed by atoms with van der Waals surface area (Å²) in [5.41, 5.74) is 8.04. The van der Waals surface area contributed by atoms with Crippen molar-refractivity contribution in [3.8, 4) is 0 Å². The first kappa shape index (κ1) is 26.8. The van der Waals surface area contributed by atoms with Gasteiger partial charge in [-0.3, -0.25) is 9.59 Å². The standard InChI is InChI=1S/2C9H18NO.C2H4N2O2/c2*1-8(2)6-5-7-9(3,4)10(8)11;3-1(5)2(4)6/h2*5-7H2,1-4H3;(H2,3,5)(H2,4,6). The third-order valence-corrected chi connectivity index (χ3v) is 5.60. The van der Waals surface area contributed by atoms with Gasteiger partial charge in [0.1, 0.15) is 0 Å². The Morgan fingerprint density at radius 3 is 0.857 bits per heavy atom. The molecule has 0 unspecified atom stereocenters. The molecule has 0 bridgehead atoms. The lowest BCUT2D eigenvalue weighted by Crippen LogP contribution is -2.55. The summed E-state index contributed by atoms with van der Waals surface area (Å²) in [6.45, 7) is 16.2. The van der Waals surface area contributed by atoms with Crippen LogP contribution in [-0.2, 0) is 20.0 Å². The van der Waals surface area contributed by atoms with Gasteiger partial charge in [-0.05, 0) is 93.9 Å². The van der Waals surface area contributed by atoms with E-state index in [2.05, 4.69) is 11.5 Å². The molecule has 2 aliphatic heterocycles. The van der Waals surface area contributed by atoms with Crippen molar-refractivity contribution in [2.75, 3.05) is 0 Å². The molecule has 164 valence electrons. The zero-order chi connectivity index (χ0) is 22.6. The molecule has 2 aliphatic rings. The maximum atomic E-state index is 11.7. The van der Waals surface area contributed by atoms with Crippen LogP contribution < -0.4 is 11.5 Å². The number of nitrogens with two attached hydrogens (primary N) is 2. The largest absolute Gasteiger partial charge is 0.361 e. The summed E-state index contributed by atoms with van der Waals surface area (Å²) >= 11 is 0. The van der Waals surface area contributed by atoms with E-state index < -0.39 is 11.8 Å². The summed E-state index contributed by atoms with van der Waals surface area (Å²) in [4.78, 5) is 18.9. The number of hydrogen-bond donors (Lipinski definition) is 2. The molecule has 8 heteroatoms. The van der Waals surface area contributed by atoms with Gasteiger partial charge in [0.05, 0.1) is 0 Å². The Morgan fingerprint density at radius 1 is 0.571 bits per heavy atom. The Morgan fingerprint density at radius 2 is 0.750 bits per heavy atom. The zero-order valence-corrected chi connectivity index (χ0v) is 18.9. The van der Waals surface area contributed by atoms with Gasteiger partial charge in [-0.25, -0.2) is 0 Å². The predicted octanol–water partition coefficient (Wildman–Crippen LogP) is 2.71. The Balaban J connectivity index is 0.000000411. The Bertz CT molecular complexity index is 464. The summed E-state index contributed by atoms with van der Waals surface area (Å²) in [6.07, 6.45) is 6.47. The molecular formula is C20H40N4O4. The predicted molar refractivity (Wildman–Crippen MR) is 107 cm³/mol. The number of carbonyl (C=O) groups excluding carboxylic acids is 2. The minimum atomic E-state index is -1.10. The summed E-state index contributed by atoms with van der Waals surface area (Å²) in [7, 11) is 0. The molecule has 28 heavy (non-hydrogen) atoms. The maximum Gasteiger partial charge on any atom is 0.306 e. The van der Waals surface area contributed by atoms with Crippen molar-refractivity contribution in [2.24, 2.45) is 11.5 Å². The van der Waals surface area contributed by atoms with Crippen LogP contribution in [0.3, 0.4) is 0 Å². The lowest BCUT2D eigenvalue weighted by molar-refractivity contribution is -0.286. The highest BCUT2D eigenvalue weighted by Crippen LogP contribution is 2.37. The smallest absolute Gasteiger partial charge is 0.306 e. The van der Waals surface area contributed by atoms with E-state index in [1.54, 1.807) is 0 Å². The fourth-order valence-electron chi connectivity index (χ4n) is 3.95. The van der Waals surface area contributed by atoms with E-state index in [-0.39, 0.29) is 22.2 Å². The fourth-order valence-corrected chi connectivity index (χ4v) is 3.95. The quantitative estimate of drug-likeness (QED) is 0.605. The molecule has 2 amide bonds. The average Bonchev–Trinajstić information content (AvgIpc) is 2.51. The Hall–Kier alpha value is -1.22. The topological polar surface area (TPSA) is 132 Å². The van der Waals surface area contributed by atoms with Gasteiger partial charge in [-0.1, -0.05) is 0 Å². The van der Waals surface area contributed by atoms with Gasteiger partial charge in [0.2, 0.25) is 0 Å². The molecule has 2 rings (SSSR count). The van der Waals surface area contributed by atoms with Crippen LogP contribution in [0.5, 0.6) is 0 Å². The number of piperidine rings is 2. The molecule has 0 atom stereocenters. The van der Waals surface area contributed by atoms with Crippen LogP contribution in [0.1, 0.15) is 93.9 Å². The number of rotatable bonds is 0. The summed E-state index contributed by atoms with van der Waals surface area (Å²) in [5.74, 6) is -2.20. The number of amides is 2. The minimum absolute atomic E-state index is 0.151. The van der Waals surface area contributed by atoms with Crippen molar-refractivity contribution in [3.63, 3.8) is 0 Å². The molecule has 8 nitrogen and oxygen atoms in total. The SMILES string of the molecule is CC1(C)CCCC(C)(C)N1[O].CC1(C)CCCC(C)(C)N1[O].NC(=O)C(N)=O. The second-order valence-corrected chi connectivity index (χ2v) is 10.3. The minimum Gasteiger partial charge on any atom is -0.361 e. The van der Waals surface area contributed by atoms with Crippen LogP contribution in [0.2, 0.25) is 0 Å². The first-order chi connectivity index (χ1) is 12.4. The molecule has 0 saturated carbocycles. The van der Waals surface area contributed by atoms with E-state index in [0.717, 1.165) is 25.7 Å². The molecule has 0 aromatic rings. The highest BCUT2D eigenvalue weighted by molar-refractivity contribution is 6.33. The van der Waals surface area contributed by atoms with Crippen molar-refractivity contribution < 1.29 is 20.0 Å². The van der Waals surface area contributed by atoms with Crippen LogP contribution in [0.4, 0.5) is 0 Å². The van der Waals surface area contributed by atoms with Crippen molar-refractivity contribution >= 4 is 11.8 Å². The first-order valence-electron chi connectivity index (χ1n) is 9.91. The Kier molecular flexibility index (Phi) is 9.10. The number of nitrogens with zero attached hydrogens (tertiary/aromatic N) is 2. The third-order valence-electron chi connectivity index (χ3n) is 5.60. The maximum absolute atomic E-state index is 11.7. The molecule has 0 aromatic heterocycles. The van der Waals surface area contributed by atoms with Gasteiger partial charge in [-0.15, -0.1) is 20.5 Å². The van der Waals surface area contributed by atoms with Crippen LogP contribution in [0.15, 0.2) is 0 Å². The number of primary amides is 2. The molecule has 2 radical (unpaired) electrons. The first-order valence-corrected chi connectivity index (χ1v) is 9.91. The van der Waals surface area contributed by atoms with E-state index >= 15 is 0 Å². The van der Waals surface area contributed by atoms with E-state index in [1.165, 1.54) is 23.0 Å². The van der Waals surface area contributed by atoms with Gasteiger partial charge < -0.3 is 11.5 Å². The summed E-state index contributed by atoms with van der Waals surface area (Å²) in [5, 5.41) is 25.9. The second-order valence-electron chi connectivity index (χ2n) is 10.3. The molecule has 0 aliphatic carbocycles. The average molecular weight is 401 g/mol. The molecular weight excluding hydrogens is 360 g/mol. The monoisotopic (exact) mass is 400 g/mol.